The van der Waals surface area contributed by atoms with Crippen LogP contribution in [0.15, 0.2) is 6.07 Å². The van der Waals surface area contributed by atoms with Gasteiger partial charge in [-0.05, 0) is 37.7 Å². The van der Waals surface area contributed by atoms with E-state index in [0.717, 1.165) is 18.5 Å². The van der Waals surface area contributed by atoms with Gasteiger partial charge in [-0.1, -0.05) is 13.8 Å². The maximum Gasteiger partial charge on any atom is 0.329 e. The van der Waals surface area contributed by atoms with Crippen LogP contribution in [0.5, 0.6) is 0 Å². The Hall–Kier alpha value is -1.85. The molecule has 6 nitrogen and oxygen atoms in total. The Morgan fingerprint density at radius 2 is 2.10 bits per heavy atom. The molecular weight excluding hydrogens is 258 g/mol. The molecule has 1 amide bonds. The van der Waals surface area contributed by atoms with E-state index in [1.807, 2.05) is 13.8 Å². The number of hydrogen-bond acceptors (Lipinski definition) is 3. The van der Waals surface area contributed by atoms with Crippen LogP contribution in [0.3, 0.4) is 0 Å². The number of carbonyl (C=O) groups is 2. The molecule has 1 unspecified atom stereocenters. The van der Waals surface area contributed by atoms with Crippen molar-refractivity contribution in [3.05, 3.63) is 17.5 Å². The minimum atomic E-state index is -1.20. The van der Waals surface area contributed by atoms with E-state index in [9.17, 15) is 14.7 Å². The molecule has 1 aliphatic rings. The normalized spacial score (nSPS) is 17.9. The molecule has 1 fully saturated rings. The third kappa shape index (κ3) is 2.55. The topological polar surface area (TPSA) is 84.2 Å². The standard InChI is InChI=1S/C14H21N3O3/c1-8(2)10-7-11(17(4)16-10)12(18)15-14(3,13(19)20)9-5-6-9/h7-9H,5-6H2,1-4H3,(H,15,18)(H,19,20). The summed E-state index contributed by atoms with van der Waals surface area (Å²) in [5.74, 6) is -1.14. The number of carbonyl (C=O) groups excluding carboxylic acids is 1. The van der Waals surface area contributed by atoms with Gasteiger partial charge in [-0.2, -0.15) is 5.10 Å². The van der Waals surface area contributed by atoms with Gasteiger partial charge in [0.25, 0.3) is 5.91 Å². The highest BCUT2D eigenvalue weighted by Crippen LogP contribution is 2.39. The number of carboxylic acid groups (broad SMARTS) is 1. The number of carboxylic acids is 1. The summed E-state index contributed by atoms with van der Waals surface area (Å²) in [5, 5.41) is 16.3. The van der Waals surface area contributed by atoms with Gasteiger partial charge in [-0.25, -0.2) is 4.79 Å². The van der Waals surface area contributed by atoms with Crippen LogP contribution in [0.2, 0.25) is 0 Å². The number of nitrogens with one attached hydrogen (secondary N) is 1. The molecule has 0 spiro atoms. The van der Waals surface area contributed by atoms with Crippen molar-refractivity contribution in [2.45, 2.75) is 45.1 Å². The number of amides is 1. The summed E-state index contributed by atoms with van der Waals surface area (Å²) in [5.41, 5.74) is 0.0159. The molecule has 0 aromatic carbocycles. The first-order valence-electron chi connectivity index (χ1n) is 6.85. The highest BCUT2D eigenvalue weighted by molar-refractivity contribution is 5.96. The van der Waals surface area contributed by atoms with Crippen molar-refractivity contribution in [1.82, 2.24) is 15.1 Å². The van der Waals surface area contributed by atoms with Gasteiger partial charge in [0.15, 0.2) is 0 Å². The lowest BCUT2D eigenvalue weighted by molar-refractivity contribution is -0.144. The zero-order valence-electron chi connectivity index (χ0n) is 12.3. The lowest BCUT2D eigenvalue weighted by Gasteiger charge is -2.25. The van der Waals surface area contributed by atoms with Crippen molar-refractivity contribution in [1.29, 1.82) is 0 Å². The number of aliphatic carboxylic acids is 1. The number of rotatable bonds is 5. The second kappa shape index (κ2) is 4.92. The number of aryl methyl sites for hydroxylation is 1. The smallest absolute Gasteiger partial charge is 0.329 e. The van der Waals surface area contributed by atoms with Crippen LogP contribution in [0.4, 0.5) is 0 Å². The van der Waals surface area contributed by atoms with Gasteiger partial charge in [0.2, 0.25) is 0 Å². The summed E-state index contributed by atoms with van der Waals surface area (Å²) in [4.78, 5) is 23.7. The van der Waals surface area contributed by atoms with Crippen molar-refractivity contribution in [3.63, 3.8) is 0 Å². The molecule has 20 heavy (non-hydrogen) atoms. The lowest BCUT2D eigenvalue weighted by Crippen LogP contribution is -2.54. The Kier molecular flexibility index (Phi) is 3.58. The van der Waals surface area contributed by atoms with E-state index < -0.39 is 11.5 Å². The van der Waals surface area contributed by atoms with E-state index in [1.165, 1.54) is 4.68 Å². The fourth-order valence-corrected chi connectivity index (χ4v) is 2.27. The molecule has 1 heterocycles. The maximum atomic E-state index is 12.3. The van der Waals surface area contributed by atoms with Crippen LogP contribution < -0.4 is 5.32 Å². The first kappa shape index (κ1) is 14.6. The van der Waals surface area contributed by atoms with Crippen LogP contribution in [-0.4, -0.2) is 32.3 Å². The lowest BCUT2D eigenvalue weighted by atomic mass is 9.95. The Balaban J connectivity index is 2.21. The third-order valence-electron chi connectivity index (χ3n) is 3.93. The first-order valence-corrected chi connectivity index (χ1v) is 6.85. The fraction of sp³-hybridized carbons (Fsp3) is 0.643. The molecule has 0 aliphatic heterocycles. The van der Waals surface area contributed by atoms with E-state index in [-0.39, 0.29) is 17.7 Å². The molecule has 1 saturated carbocycles. The van der Waals surface area contributed by atoms with Crippen molar-refractivity contribution in [3.8, 4) is 0 Å². The average molecular weight is 279 g/mol. The van der Waals surface area contributed by atoms with Gasteiger partial charge in [0, 0.05) is 7.05 Å². The van der Waals surface area contributed by atoms with Crippen molar-refractivity contribution in [2.75, 3.05) is 0 Å². The fourth-order valence-electron chi connectivity index (χ4n) is 2.27. The second-order valence-corrected chi connectivity index (χ2v) is 5.97. The Bertz CT molecular complexity index is 546. The Morgan fingerprint density at radius 1 is 1.50 bits per heavy atom. The summed E-state index contributed by atoms with van der Waals surface area (Å²) < 4.78 is 1.50. The summed E-state index contributed by atoms with van der Waals surface area (Å²) in [6, 6.07) is 1.72. The van der Waals surface area contributed by atoms with Crippen molar-refractivity contribution >= 4 is 11.9 Å². The second-order valence-electron chi connectivity index (χ2n) is 5.97. The maximum absolute atomic E-state index is 12.3. The van der Waals surface area contributed by atoms with Gasteiger partial charge in [-0.15, -0.1) is 0 Å². The number of hydrogen-bond donors (Lipinski definition) is 2. The minimum absolute atomic E-state index is 0.0155. The van der Waals surface area contributed by atoms with Crippen LogP contribution in [0.1, 0.15) is 55.7 Å². The van der Waals surface area contributed by atoms with Crippen LogP contribution in [0, 0.1) is 5.92 Å². The van der Waals surface area contributed by atoms with E-state index in [4.69, 9.17) is 0 Å². The molecule has 110 valence electrons. The van der Waals surface area contributed by atoms with Crippen LogP contribution >= 0.6 is 0 Å². The highest BCUT2D eigenvalue weighted by atomic mass is 16.4. The molecule has 1 aromatic heterocycles. The molecule has 1 aromatic rings. The molecule has 2 rings (SSSR count). The Morgan fingerprint density at radius 3 is 2.50 bits per heavy atom. The minimum Gasteiger partial charge on any atom is -0.480 e. The molecule has 1 atom stereocenters. The molecule has 6 heteroatoms. The molecular formula is C14H21N3O3. The molecule has 2 N–H and O–H groups in total. The quantitative estimate of drug-likeness (QED) is 0.856. The van der Waals surface area contributed by atoms with Gasteiger partial charge < -0.3 is 10.4 Å². The summed E-state index contributed by atoms with van der Waals surface area (Å²) in [6.45, 7) is 5.57. The highest BCUT2D eigenvalue weighted by Gasteiger charge is 2.48. The summed E-state index contributed by atoms with van der Waals surface area (Å²) in [6.07, 6.45) is 1.68. The third-order valence-corrected chi connectivity index (χ3v) is 3.93. The Labute approximate surface area is 118 Å². The molecule has 0 saturated heterocycles. The molecule has 1 aliphatic carbocycles. The zero-order chi connectivity index (χ0) is 15.1. The monoisotopic (exact) mass is 279 g/mol. The molecule has 0 bridgehead atoms. The van der Waals surface area contributed by atoms with Crippen molar-refractivity contribution < 1.29 is 14.7 Å². The van der Waals surface area contributed by atoms with E-state index in [0.29, 0.717) is 5.69 Å². The van der Waals surface area contributed by atoms with Gasteiger partial charge in [0.05, 0.1) is 5.69 Å². The number of nitrogens with zero attached hydrogens (tertiary/aromatic N) is 2. The van der Waals surface area contributed by atoms with Crippen LogP contribution in [0.25, 0.3) is 0 Å². The zero-order valence-corrected chi connectivity index (χ0v) is 12.3. The van der Waals surface area contributed by atoms with Gasteiger partial charge in [0.1, 0.15) is 11.2 Å². The van der Waals surface area contributed by atoms with Crippen LogP contribution in [-0.2, 0) is 11.8 Å². The van der Waals surface area contributed by atoms with E-state index in [2.05, 4.69) is 10.4 Å². The summed E-state index contributed by atoms with van der Waals surface area (Å²) >= 11 is 0. The SMILES string of the molecule is CC(C)c1cc(C(=O)NC(C)(C(=O)O)C2CC2)n(C)n1. The average Bonchev–Trinajstić information content (AvgIpc) is 3.12. The van der Waals surface area contributed by atoms with E-state index >= 15 is 0 Å². The predicted molar refractivity (Wildman–Crippen MR) is 73.5 cm³/mol. The summed E-state index contributed by atoms with van der Waals surface area (Å²) in [7, 11) is 1.69. The van der Waals surface area contributed by atoms with E-state index in [1.54, 1.807) is 20.0 Å². The molecule has 0 radical (unpaired) electrons. The largest absolute Gasteiger partial charge is 0.480 e. The first-order chi connectivity index (χ1) is 9.25. The van der Waals surface area contributed by atoms with Gasteiger partial charge >= 0.3 is 5.97 Å². The number of aromatic nitrogens is 2. The van der Waals surface area contributed by atoms with Crippen molar-refractivity contribution in [2.24, 2.45) is 13.0 Å². The van der Waals surface area contributed by atoms with Gasteiger partial charge in [-0.3, -0.25) is 9.48 Å². The predicted octanol–water partition coefficient (Wildman–Crippen LogP) is 1.53.